The second kappa shape index (κ2) is 5.17. The van der Waals surface area contributed by atoms with E-state index in [1.54, 1.807) is 12.1 Å². The van der Waals surface area contributed by atoms with Gasteiger partial charge in [0.05, 0.1) is 4.92 Å². The number of likely N-dealkylation sites (tertiary alicyclic amines) is 1. The first-order valence-electron chi connectivity index (χ1n) is 6.62. The highest BCUT2D eigenvalue weighted by molar-refractivity contribution is 5.59. The third-order valence-corrected chi connectivity index (χ3v) is 3.68. The molecule has 1 aliphatic rings. The van der Waals surface area contributed by atoms with Gasteiger partial charge < -0.3 is 5.73 Å². The maximum atomic E-state index is 10.9. The molecule has 5 heteroatoms. The number of nitro groups is 1. The first-order chi connectivity index (χ1) is 8.87. The van der Waals surface area contributed by atoms with Gasteiger partial charge in [0.15, 0.2) is 0 Å². The van der Waals surface area contributed by atoms with Gasteiger partial charge in [-0.2, -0.15) is 0 Å². The van der Waals surface area contributed by atoms with Gasteiger partial charge in [-0.15, -0.1) is 0 Å². The van der Waals surface area contributed by atoms with Crippen LogP contribution >= 0.6 is 0 Å². The number of nitrogens with zero attached hydrogens (tertiary/aromatic N) is 2. The van der Waals surface area contributed by atoms with E-state index in [1.165, 1.54) is 12.8 Å². The minimum absolute atomic E-state index is 0.00812. The van der Waals surface area contributed by atoms with Crippen LogP contribution in [0.4, 0.5) is 11.4 Å². The van der Waals surface area contributed by atoms with Crippen LogP contribution in [0.25, 0.3) is 0 Å². The van der Waals surface area contributed by atoms with E-state index >= 15 is 0 Å². The van der Waals surface area contributed by atoms with Crippen LogP contribution in [-0.2, 0) is 6.54 Å². The molecular formula is C14H21N3O2. The van der Waals surface area contributed by atoms with E-state index in [-0.39, 0.29) is 11.4 Å². The molecule has 1 fully saturated rings. The molecule has 104 valence electrons. The van der Waals surface area contributed by atoms with E-state index < -0.39 is 4.92 Å². The summed E-state index contributed by atoms with van der Waals surface area (Å²) in [5.74, 6) is 0. The Labute approximate surface area is 113 Å². The zero-order valence-electron chi connectivity index (χ0n) is 11.6. The molecule has 2 rings (SSSR count). The Morgan fingerprint density at radius 2 is 2.21 bits per heavy atom. The van der Waals surface area contributed by atoms with Crippen LogP contribution in [0.3, 0.4) is 0 Å². The molecule has 0 amide bonds. The van der Waals surface area contributed by atoms with Gasteiger partial charge in [0, 0.05) is 19.2 Å². The van der Waals surface area contributed by atoms with E-state index in [2.05, 4.69) is 18.7 Å². The fourth-order valence-electron chi connectivity index (χ4n) is 2.78. The largest absolute Gasteiger partial charge is 0.393 e. The molecule has 0 spiro atoms. The number of nitro benzene ring substituents is 1. The number of nitrogens with two attached hydrogens (primary N) is 1. The quantitative estimate of drug-likeness (QED) is 0.517. The molecule has 0 atom stereocenters. The highest BCUT2D eigenvalue weighted by Gasteiger charge is 2.26. The molecule has 5 nitrogen and oxygen atoms in total. The fraction of sp³-hybridized carbons (Fsp3) is 0.571. The molecule has 0 saturated carbocycles. The summed E-state index contributed by atoms with van der Waals surface area (Å²) in [6.45, 7) is 7.38. The Hall–Kier alpha value is -1.62. The van der Waals surface area contributed by atoms with Crippen molar-refractivity contribution in [2.75, 3.05) is 18.8 Å². The summed E-state index contributed by atoms with van der Waals surface area (Å²) >= 11 is 0. The van der Waals surface area contributed by atoms with Crippen LogP contribution in [-0.4, -0.2) is 22.9 Å². The van der Waals surface area contributed by atoms with Crippen molar-refractivity contribution in [2.24, 2.45) is 5.41 Å². The molecule has 1 aromatic rings. The van der Waals surface area contributed by atoms with Crippen LogP contribution < -0.4 is 5.73 Å². The molecule has 19 heavy (non-hydrogen) atoms. The highest BCUT2D eigenvalue weighted by atomic mass is 16.6. The summed E-state index contributed by atoms with van der Waals surface area (Å²) in [4.78, 5) is 12.8. The minimum atomic E-state index is -0.418. The van der Waals surface area contributed by atoms with Gasteiger partial charge in [-0.1, -0.05) is 19.9 Å². The lowest BCUT2D eigenvalue weighted by atomic mass is 9.84. The van der Waals surface area contributed by atoms with Gasteiger partial charge in [-0.25, -0.2) is 0 Å². The Balaban J connectivity index is 2.11. The highest BCUT2D eigenvalue weighted by Crippen LogP contribution is 2.30. The van der Waals surface area contributed by atoms with Crippen molar-refractivity contribution in [2.45, 2.75) is 33.2 Å². The fourth-order valence-corrected chi connectivity index (χ4v) is 2.78. The van der Waals surface area contributed by atoms with Gasteiger partial charge >= 0.3 is 0 Å². The maximum absolute atomic E-state index is 10.9. The molecule has 1 aliphatic heterocycles. The monoisotopic (exact) mass is 263 g/mol. The average Bonchev–Trinajstić information content (AvgIpc) is 2.30. The van der Waals surface area contributed by atoms with E-state index in [1.807, 2.05) is 6.07 Å². The SMILES string of the molecule is CC1(C)CCCN(Cc2ccc(N)c([N+](=O)[O-])c2)C1. The number of anilines is 1. The lowest BCUT2D eigenvalue weighted by Gasteiger charge is -2.38. The number of benzene rings is 1. The Morgan fingerprint density at radius 3 is 2.84 bits per heavy atom. The summed E-state index contributed by atoms with van der Waals surface area (Å²) < 4.78 is 0. The molecule has 0 unspecified atom stereocenters. The summed E-state index contributed by atoms with van der Waals surface area (Å²) in [5, 5.41) is 10.9. The standard InChI is InChI=1S/C14H21N3O2/c1-14(2)6-3-7-16(10-14)9-11-4-5-12(15)13(8-11)17(18)19/h4-5,8H,3,6-7,9-10,15H2,1-2H3. The number of hydrogen-bond donors (Lipinski definition) is 1. The molecule has 0 aliphatic carbocycles. The second-order valence-electron chi connectivity index (χ2n) is 6.13. The first-order valence-corrected chi connectivity index (χ1v) is 6.62. The lowest BCUT2D eigenvalue weighted by Crippen LogP contribution is -2.39. The van der Waals surface area contributed by atoms with Crippen LogP contribution in [0, 0.1) is 15.5 Å². The number of hydrogen-bond acceptors (Lipinski definition) is 4. The first kappa shape index (κ1) is 13.8. The van der Waals surface area contributed by atoms with Crippen molar-refractivity contribution >= 4 is 11.4 Å². The molecule has 1 heterocycles. The number of rotatable bonds is 3. The third kappa shape index (κ3) is 3.44. The molecule has 1 aromatic carbocycles. The van der Waals surface area contributed by atoms with Gasteiger partial charge in [-0.05, 0) is 36.4 Å². The van der Waals surface area contributed by atoms with Gasteiger partial charge in [0.25, 0.3) is 5.69 Å². The second-order valence-corrected chi connectivity index (χ2v) is 6.13. The van der Waals surface area contributed by atoms with Crippen molar-refractivity contribution in [1.29, 1.82) is 0 Å². The molecule has 0 aromatic heterocycles. The van der Waals surface area contributed by atoms with Crippen molar-refractivity contribution in [1.82, 2.24) is 4.90 Å². The Morgan fingerprint density at radius 1 is 1.47 bits per heavy atom. The molecular weight excluding hydrogens is 242 g/mol. The zero-order chi connectivity index (χ0) is 14.0. The van der Waals surface area contributed by atoms with Crippen LogP contribution in [0.15, 0.2) is 18.2 Å². The number of piperidine rings is 1. The van der Waals surface area contributed by atoms with Crippen molar-refractivity contribution in [3.05, 3.63) is 33.9 Å². The topological polar surface area (TPSA) is 72.4 Å². The van der Waals surface area contributed by atoms with E-state index in [9.17, 15) is 10.1 Å². The third-order valence-electron chi connectivity index (χ3n) is 3.68. The Kier molecular flexibility index (Phi) is 3.75. The summed E-state index contributed by atoms with van der Waals surface area (Å²) in [6.07, 6.45) is 2.43. The zero-order valence-corrected chi connectivity index (χ0v) is 11.6. The smallest absolute Gasteiger partial charge is 0.292 e. The van der Waals surface area contributed by atoms with Crippen LogP contribution in [0.5, 0.6) is 0 Å². The number of nitrogen functional groups attached to an aromatic ring is 1. The van der Waals surface area contributed by atoms with Crippen LogP contribution in [0.2, 0.25) is 0 Å². The predicted molar refractivity (Wildman–Crippen MR) is 75.8 cm³/mol. The van der Waals surface area contributed by atoms with Gasteiger partial charge in [-0.3, -0.25) is 15.0 Å². The normalized spacial score (nSPS) is 19.3. The van der Waals surface area contributed by atoms with E-state index in [4.69, 9.17) is 5.73 Å². The predicted octanol–water partition coefficient (Wildman–Crippen LogP) is 2.80. The maximum Gasteiger partial charge on any atom is 0.292 e. The van der Waals surface area contributed by atoms with Crippen molar-refractivity contribution < 1.29 is 4.92 Å². The summed E-state index contributed by atoms with van der Waals surface area (Å²) in [6, 6.07) is 5.10. The molecule has 0 bridgehead atoms. The lowest BCUT2D eigenvalue weighted by molar-refractivity contribution is -0.384. The van der Waals surface area contributed by atoms with E-state index in [0.29, 0.717) is 5.41 Å². The van der Waals surface area contributed by atoms with Crippen LogP contribution in [0.1, 0.15) is 32.3 Å². The summed E-state index contributed by atoms with van der Waals surface area (Å²) in [5.41, 5.74) is 7.14. The molecule has 2 N–H and O–H groups in total. The van der Waals surface area contributed by atoms with E-state index in [0.717, 1.165) is 25.2 Å². The Bertz CT molecular complexity index is 486. The van der Waals surface area contributed by atoms with Crippen molar-refractivity contribution in [3.63, 3.8) is 0 Å². The molecule has 1 saturated heterocycles. The average molecular weight is 263 g/mol. The molecule has 0 radical (unpaired) electrons. The summed E-state index contributed by atoms with van der Waals surface area (Å²) in [7, 11) is 0. The van der Waals surface area contributed by atoms with Gasteiger partial charge in [0.1, 0.15) is 5.69 Å². The minimum Gasteiger partial charge on any atom is -0.393 e. The van der Waals surface area contributed by atoms with Gasteiger partial charge in [0.2, 0.25) is 0 Å². The van der Waals surface area contributed by atoms with Crippen molar-refractivity contribution in [3.8, 4) is 0 Å².